The van der Waals surface area contributed by atoms with Gasteiger partial charge in [-0.15, -0.1) is 11.3 Å². The number of rotatable bonds is 5. The van der Waals surface area contributed by atoms with Gasteiger partial charge in [0.1, 0.15) is 6.20 Å². The second-order valence-electron chi connectivity index (χ2n) is 3.27. The molecule has 0 saturated carbocycles. The minimum absolute atomic E-state index is 0.00703. The fourth-order valence-corrected chi connectivity index (χ4v) is 1.93. The van der Waals surface area contributed by atoms with Gasteiger partial charge in [-0.2, -0.15) is 0 Å². The Hall–Kier alpha value is -2.28. The quantitative estimate of drug-likeness (QED) is 0.470. The van der Waals surface area contributed by atoms with Gasteiger partial charge in [0.15, 0.2) is 6.61 Å². The SMILES string of the molecule is O=C(COc1cccnc1[N+](=O)[O-])c1cccs1. The largest absolute Gasteiger partial charge is 0.477 e. The summed E-state index contributed by atoms with van der Waals surface area (Å²) in [6.45, 7) is -0.243. The number of thiophene rings is 1. The lowest BCUT2D eigenvalue weighted by Crippen LogP contribution is -2.11. The Bertz CT molecular complexity index is 568. The van der Waals surface area contributed by atoms with Gasteiger partial charge in [-0.05, 0) is 33.5 Å². The van der Waals surface area contributed by atoms with E-state index < -0.39 is 10.7 Å². The molecule has 6 nitrogen and oxygen atoms in total. The monoisotopic (exact) mass is 264 g/mol. The van der Waals surface area contributed by atoms with Crippen molar-refractivity contribution in [2.75, 3.05) is 6.61 Å². The van der Waals surface area contributed by atoms with Crippen LogP contribution in [-0.4, -0.2) is 22.3 Å². The first-order valence-electron chi connectivity index (χ1n) is 4.97. The highest BCUT2D eigenvalue weighted by atomic mass is 32.1. The Morgan fingerprint density at radius 1 is 1.44 bits per heavy atom. The smallest absolute Gasteiger partial charge is 0.406 e. The molecule has 0 N–H and O–H groups in total. The molecule has 0 atom stereocenters. The fourth-order valence-electron chi connectivity index (χ4n) is 1.28. The summed E-state index contributed by atoms with van der Waals surface area (Å²) in [5, 5.41) is 12.5. The molecule has 0 spiro atoms. The molecular formula is C11H8N2O4S. The minimum Gasteiger partial charge on any atom is -0.477 e. The molecule has 0 aliphatic rings. The van der Waals surface area contributed by atoms with E-state index in [0.29, 0.717) is 4.88 Å². The van der Waals surface area contributed by atoms with Crippen molar-refractivity contribution in [3.8, 4) is 5.75 Å². The molecule has 18 heavy (non-hydrogen) atoms. The predicted octanol–water partition coefficient (Wildman–Crippen LogP) is 2.31. The van der Waals surface area contributed by atoms with Crippen LogP contribution in [0.3, 0.4) is 0 Å². The van der Waals surface area contributed by atoms with E-state index in [4.69, 9.17) is 4.74 Å². The molecule has 0 aliphatic heterocycles. The van der Waals surface area contributed by atoms with E-state index in [1.165, 1.54) is 29.7 Å². The van der Waals surface area contributed by atoms with Crippen LogP contribution in [0, 0.1) is 10.1 Å². The third-order valence-electron chi connectivity index (χ3n) is 2.08. The first-order chi connectivity index (χ1) is 8.68. The summed E-state index contributed by atoms with van der Waals surface area (Å²) in [4.78, 5) is 25.8. The molecule has 0 fully saturated rings. The summed E-state index contributed by atoms with van der Waals surface area (Å²) in [6.07, 6.45) is 1.30. The maximum Gasteiger partial charge on any atom is 0.406 e. The van der Waals surface area contributed by atoms with Crippen LogP contribution in [-0.2, 0) is 0 Å². The van der Waals surface area contributed by atoms with Crippen molar-refractivity contribution < 1.29 is 14.5 Å². The lowest BCUT2D eigenvalue weighted by molar-refractivity contribution is -0.390. The summed E-state index contributed by atoms with van der Waals surface area (Å²) in [5.41, 5.74) is 0. The van der Waals surface area contributed by atoms with Crippen molar-refractivity contribution in [2.45, 2.75) is 0 Å². The average Bonchev–Trinajstić information content (AvgIpc) is 2.90. The van der Waals surface area contributed by atoms with Crippen LogP contribution < -0.4 is 4.74 Å². The zero-order valence-electron chi connectivity index (χ0n) is 9.11. The zero-order chi connectivity index (χ0) is 13.0. The fraction of sp³-hybridized carbons (Fsp3) is 0.0909. The maximum absolute atomic E-state index is 11.7. The number of Topliss-reactive ketones (excluding diaryl/α,β-unsaturated/α-hetero) is 1. The van der Waals surface area contributed by atoms with E-state index in [2.05, 4.69) is 4.98 Å². The Labute approximate surface area is 106 Å². The first-order valence-corrected chi connectivity index (χ1v) is 5.85. The number of nitrogens with zero attached hydrogens (tertiary/aromatic N) is 2. The average molecular weight is 264 g/mol. The number of hydrogen-bond acceptors (Lipinski definition) is 6. The second kappa shape index (κ2) is 5.37. The molecule has 0 saturated heterocycles. The van der Waals surface area contributed by atoms with Crippen molar-refractivity contribution in [2.24, 2.45) is 0 Å². The Balaban J connectivity index is 2.07. The van der Waals surface area contributed by atoms with Crippen molar-refractivity contribution in [3.63, 3.8) is 0 Å². The molecular weight excluding hydrogens is 256 g/mol. The maximum atomic E-state index is 11.7. The number of aromatic nitrogens is 1. The molecule has 7 heteroatoms. The summed E-state index contributed by atoms with van der Waals surface area (Å²) in [6, 6.07) is 6.35. The molecule has 2 rings (SSSR count). The molecule has 0 radical (unpaired) electrons. The summed E-state index contributed by atoms with van der Waals surface area (Å²) in [5.74, 6) is -0.618. The van der Waals surface area contributed by atoms with Crippen LogP contribution in [0.4, 0.5) is 5.82 Å². The van der Waals surface area contributed by atoms with Crippen LogP contribution in [0.15, 0.2) is 35.8 Å². The summed E-state index contributed by atoms with van der Waals surface area (Å²) >= 11 is 1.30. The predicted molar refractivity (Wildman–Crippen MR) is 65.0 cm³/mol. The van der Waals surface area contributed by atoms with E-state index in [9.17, 15) is 14.9 Å². The molecule has 92 valence electrons. The number of nitro groups is 1. The Kier molecular flexibility index (Phi) is 3.63. The van der Waals surface area contributed by atoms with Gasteiger partial charge in [0.2, 0.25) is 11.5 Å². The van der Waals surface area contributed by atoms with Crippen LogP contribution >= 0.6 is 11.3 Å². The normalized spacial score (nSPS) is 10.0. The van der Waals surface area contributed by atoms with Crippen LogP contribution in [0.1, 0.15) is 9.67 Å². The zero-order valence-corrected chi connectivity index (χ0v) is 9.92. The number of pyridine rings is 1. The Morgan fingerprint density at radius 3 is 2.94 bits per heavy atom. The van der Waals surface area contributed by atoms with Crippen LogP contribution in [0.2, 0.25) is 0 Å². The van der Waals surface area contributed by atoms with Gasteiger partial charge in [-0.25, -0.2) is 0 Å². The lowest BCUT2D eigenvalue weighted by Gasteiger charge is -2.04. The number of ether oxygens (including phenoxy) is 1. The first kappa shape index (κ1) is 12.2. The number of hydrogen-bond donors (Lipinski definition) is 0. The van der Waals surface area contributed by atoms with E-state index >= 15 is 0 Å². The standard InChI is InChI=1S/C11H8N2O4S/c14-8(10-4-2-6-18-10)7-17-9-3-1-5-12-11(9)13(15)16/h1-6H,7H2. The molecule has 0 unspecified atom stereocenters. The summed E-state index contributed by atoms with van der Waals surface area (Å²) < 4.78 is 5.14. The van der Waals surface area contributed by atoms with E-state index in [1.54, 1.807) is 17.5 Å². The van der Waals surface area contributed by atoms with Crippen LogP contribution in [0.25, 0.3) is 0 Å². The molecule has 0 bridgehead atoms. The number of ketones is 1. The third-order valence-corrected chi connectivity index (χ3v) is 2.99. The van der Waals surface area contributed by atoms with E-state index in [0.717, 1.165) is 0 Å². The highest BCUT2D eigenvalue weighted by Gasteiger charge is 2.17. The lowest BCUT2D eigenvalue weighted by atomic mass is 10.3. The van der Waals surface area contributed by atoms with Gasteiger partial charge in [-0.3, -0.25) is 4.79 Å². The van der Waals surface area contributed by atoms with Gasteiger partial charge in [0, 0.05) is 0 Å². The van der Waals surface area contributed by atoms with E-state index in [-0.39, 0.29) is 18.1 Å². The molecule has 2 aromatic heterocycles. The highest BCUT2D eigenvalue weighted by molar-refractivity contribution is 7.12. The van der Waals surface area contributed by atoms with Crippen molar-refractivity contribution in [1.29, 1.82) is 0 Å². The molecule has 2 heterocycles. The number of carbonyl (C=O) groups excluding carboxylic acids is 1. The molecule has 2 aromatic rings. The third kappa shape index (κ3) is 2.69. The van der Waals surface area contributed by atoms with E-state index in [1.807, 2.05) is 0 Å². The minimum atomic E-state index is -0.648. The van der Waals surface area contributed by atoms with Crippen LogP contribution in [0.5, 0.6) is 5.75 Å². The Morgan fingerprint density at radius 2 is 2.28 bits per heavy atom. The van der Waals surface area contributed by atoms with Gasteiger partial charge >= 0.3 is 5.82 Å². The highest BCUT2D eigenvalue weighted by Crippen LogP contribution is 2.23. The van der Waals surface area contributed by atoms with Gasteiger partial charge in [0.25, 0.3) is 0 Å². The summed E-state index contributed by atoms with van der Waals surface area (Å²) in [7, 11) is 0. The molecule has 0 aliphatic carbocycles. The number of carbonyl (C=O) groups is 1. The van der Waals surface area contributed by atoms with Crippen molar-refractivity contribution in [3.05, 3.63) is 50.8 Å². The molecule has 0 aromatic carbocycles. The van der Waals surface area contributed by atoms with Gasteiger partial charge < -0.3 is 14.9 Å². The molecule has 0 amide bonds. The van der Waals surface area contributed by atoms with Gasteiger partial charge in [0.05, 0.1) is 4.88 Å². The topological polar surface area (TPSA) is 82.3 Å². The van der Waals surface area contributed by atoms with Crippen molar-refractivity contribution in [1.82, 2.24) is 4.98 Å². The van der Waals surface area contributed by atoms with Gasteiger partial charge in [-0.1, -0.05) is 6.07 Å². The second-order valence-corrected chi connectivity index (χ2v) is 4.22. The van der Waals surface area contributed by atoms with Crippen molar-refractivity contribution >= 4 is 22.9 Å².